The second-order valence-corrected chi connectivity index (χ2v) is 12.2. The molecule has 5 rings (SSSR count). The van der Waals surface area contributed by atoms with Gasteiger partial charge in [0.25, 0.3) is 0 Å². The summed E-state index contributed by atoms with van der Waals surface area (Å²) >= 11 is 0. The Morgan fingerprint density at radius 2 is 1.17 bits per heavy atom. The van der Waals surface area contributed by atoms with Crippen molar-refractivity contribution in [1.82, 2.24) is 0 Å². The van der Waals surface area contributed by atoms with E-state index in [1.807, 2.05) is 12.1 Å². The Bertz CT molecular complexity index is 1500. The van der Waals surface area contributed by atoms with Crippen LogP contribution in [0.1, 0.15) is 61.3 Å². The summed E-state index contributed by atoms with van der Waals surface area (Å²) < 4.78 is 11.2. The van der Waals surface area contributed by atoms with E-state index in [2.05, 4.69) is 30.6 Å². The van der Waals surface area contributed by atoms with Crippen LogP contribution in [0.25, 0.3) is 11.1 Å². The van der Waals surface area contributed by atoms with Crippen molar-refractivity contribution in [1.29, 1.82) is 0 Å². The smallest absolute Gasteiger partial charge is 0.147 e. The van der Waals surface area contributed by atoms with Crippen molar-refractivity contribution >= 4 is 0 Å². The minimum absolute atomic E-state index is 0.0694. The predicted molar refractivity (Wildman–Crippen MR) is 165 cm³/mol. The van der Waals surface area contributed by atoms with E-state index >= 15 is 0 Å². The van der Waals surface area contributed by atoms with Crippen molar-refractivity contribution in [2.75, 3.05) is 13.2 Å². The average Bonchev–Trinajstić information content (AvgIpc) is 3.30. The molecule has 1 aliphatic carbocycles. The summed E-state index contributed by atoms with van der Waals surface area (Å²) in [5.41, 5.74) is 2.65. The monoisotopic (exact) mass is 638 g/mol. The molecule has 0 aromatic heterocycles. The van der Waals surface area contributed by atoms with Gasteiger partial charge in [0, 0.05) is 17.7 Å². The van der Waals surface area contributed by atoms with Crippen LogP contribution in [0.5, 0.6) is 0 Å². The summed E-state index contributed by atoms with van der Waals surface area (Å²) in [6.45, 7) is 1.25. The van der Waals surface area contributed by atoms with Gasteiger partial charge in [-0.2, -0.15) is 0 Å². The first-order valence-electron chi connectivity index (χ1n) is 15.7. The summed E-state index contributed by atoms with van der Waals surface area (Å²) in [6, 6.07) is 10.8. The summed E-state index contributed by atoms with van der Waals surface area (Å²) in [5.74, 6) is 11.5. The fourth-order valence-electron chi connectivity index (χ4n) is 6.41. The van der Waals surface area contributed by atoms with Crippen LogP contribution in [-0.4, -0.2) is 120 Å². The Kier molecular flexibility index (Phi) is 10.8. The highest BCUT2D eigenvalue weighted by Gasteiger charge is 2.44. The van der Waals surface area contributed by atoms with E-state index in [9.17, 15) is 46.0 Å². The van der Waals surface area contributed by atoms with Crippen LogP contribution >= 0.6 is 0 Å². The second kappa shape index (κ2) is 14.5. The number of unbranched alkanes of at least 4 members (excludes halogenated alkanes) is 2. The van der Waals surface area contributed by atoms with Crippen LogP contribution in [-0.2, 0) is 15.1 Å². The number of aliphatic hydroxyl groups is 9. The molecule has 3 aliphatic rings. The Morgan fingerprint density at radius 1 is 0.674 bits per heavy atom. The van der Waals surface area contributed by atoms with E-state index in [0.717, 1.165) is 30.4 Å². The summed E-state index contributed by atoms with van der Waals surface area (Å²) in [4.78, 5) is 0. The first-order valence-corrected chi connectivity index (χ1v) is 15.7. The number of aliphatic hydroxyl groups excluding tert-OH is 8. The Labute approximate surface area is 267 Å². The summed E-state index contributed by atoms with van der Waals surface area (Å²) in [6.07, 6.45) is -9.91. The lowest BCUT2D eigenvalue weighted by Crippen LogP contribution is -2.58. The van der Waals surface area contributed by atoms with Crippen LogP contribution in [0, 0.1) is 23.7 Å². The van der Waals surface area contributed by atoms with Gasteiger partial charge in [-0.15, -0.1) is 0 Å². The lowest BCUT2D eigenvalue weighted by molar-refractivity contribution is -0.214. The standard InChI is InChI=1S/C35H42O11/c1-2-3-4-14-35(44)23-16-19(7-11-25-29(38)33(42)31(40)27(45-25)13-15-36)5-9-21(23)22-10-6-20(17-24(22)35)8-12-26-30(39)34(43)32(41)28(18-37)46-26/h5-6,9-10,16-17,25-34,36-44H,2-4,13-15,18H2,1H3/t25-,26-,27-,28-,29-,30-,31-,32-,33-,34-,35?/m1/s1. The topological polar surface area (TPSA) is 201 Å². The van der Waals surface area contributed by atoms with Gasteiger partial charge in [-0.3, -0.25) is 0 Å². The molecule has 46 heavy (non-hydrogen) atoms. The van der Waals surface area contributed by atoms with Crippen molar-refractivity contribution < 1.29 is 55.4 Å². The molecular formula is C35H42O11. The molecule has 2 aliphatic heterocycles. The van der Waals surface area contributed by atoms with Crippen LogP contribution in [0.4, 0.5) is 0 Å². The number of rotatable bonds is 7. The normalized spacial score (nSPS) is 34.9. The van der Waals surface area contributed by atoms with E-state index < -0.39 is 73.2 Å². The molecule has 0 amide bonds. The minimum Gasteiger partial charge on any atom is -0.396 e. The van der Waals surface area contributed by atoms with Gasteiger partial charge in [0.15, 0.2) is 0 Å². The highest BCUT2D eigenvalue weighted by atomic mass is 16.5. The maximum Gasteiger partial charge on any atom is 0.147 e. The fraction of sp³-hybridized carbons (Fsp3) is 0.543. The fourth-order valence-corrected chi connectivity index (χ4v) is 6.41. The maximum atomic E-state index is 12.3. The average molecular weight is 639 g/mol. The highest BCUT2D eigenvalue weighted by molar-refractivity contribution is 5.81. The number of hydrogen-bond donors (Lipinski definition) is 9. The third kappa shape index (κ3) is 6.60. The molecule has 0 saturated carbocycles. The number of benzene rings is 2. The third-order valence-corrected chi connectivity index (χ3v) is 9.10. The SMILES string of the molecule is CCCCCC1(O)c2cc(C#C[C@H]3O[C@H](CO)[C@@H](O)[C@H](O)[C@@H]3O)ccc2-c2ccc(C#C[C@H]3O[C@H](CCO)[C@@H](O)[C@H](O)[C@@H]3O)cc21. The molecule has 2 aromatic rings. The van der Waals surface area contributed by atoms with Gasteiger partial charge in [0.2, 0.25) is 0 Å². The molecular weight excluding hydrogens is 596 g/mol. The van der Waals surface area contributed by atoms with Crippen molar-refractivity contribution in [2.24, 2.45) is 0 Å². The van der Waals surface area contributed by atoms with E-state index in [-0.39, 0.29) is 13.0 Å². The van der Waals surface area contributed by atoms with E-state index in [4.69, 9.17) is 9.47 Å². The lowest BCUT2D eigenvalue weighted by Gasteiger charge is -2.38. The first kappa shape index (κ1) is 34.5. The van der Waals surface area contributed by atoms with Crippen LogP contribution in [0.15, 0.2) is 36.4 Å². The van der Waals surface area contributed by atoms with Crippen molar-refractivity contribution in [3.63, 3.8) is 0 Å². The molecule has 2 aromatic carbocycles. The third-order valence-electron chi connectivity index (χ3n) is 9.10. The van der Waals surface area contributed by atoms with E-state index in [0.29, 0.717) is 28.7 Å². The quantitative estimate of drug-likeness (QED) is 0.137. The molecule has 9 N–H and O–H groups in total. The molecule has 11 atom stereocenters. The molecule has 0 spiro atoms. The Hall–Kier alpha value is -2.88. The Balaban J connectivity index is 1.45. The summed E-state index contributed by atoms with van der Waals surface area (Å²) in [5, 5.41) is 92.5. The van der Waals surface area contributed by atoms with E-state index in [1.165, 1.54) is 0 Å². The second-order valence-electron chi connectivity index (χ2n) is 12.2. The summed E-state index contributed by atoms with van der Waals surface area (Å²) in [7, 11) is 0. The van der Waals surface area contributed by atoms with Crippen molar-refractivity contribution in [2.45, 2.75) is 106 Å². The van der Waals surface area contributed by atoms with Gasteiger partial charge in [-0.05, 0) is 65.8 Å². The molecule has 248 valence electrons. The molecule has 2 heterocycles. The minimum atomic E-state index is -1.53. The maximum absolute atomic E-state index is 12.3. The van der Waals surface area contributed by atoms with Gasteiger partial charge in [0.05, 0.1) is 12.7 Å². The lowest BCUT2D eigenvalue weighted by atomic mass is 9.85. The molecule has 1 unspecified atom stereocenters. The van der Waals surface area contributed by atoms with Gasteiger partial charge in [-0.25, -0.2) is 0 Å². The Morgan fingerprint density at radius 3 is 1.65 bits per heavy atom. The van der Waals surface area contributed by atoms with Crippen LogP contribution in [0.2, 0.25) is 0 Å². The molecule has 11 nitrogen and oxygen atoms in total. The zero-order valence-corrected chi connectivity index (χ0v) is 25.5. The van der Waals surface area contributed by atoms with Crippen molar-refractivity contribution in [3.05, 3.63) is 58.7 Å². The molecule has 2 saturated heterocycles. The van der Waals surface area contributed by atoms with Crippen molar-refractivity contribution in [3.8, 4) is 34.8 Å². The van der Waals surface area contributed by atoms with Crippen LogP contribution in [0.3, 0.4) is 0 Å². The number of hydrogen-bond acceptors (Lipinski definition) is 11. The molecule has 11 heteroatoms. The number of ether oxygens (including phenoxy) is 2. The van der Waals surface area contributed by atoms with E-state index in [1.54, 1.807) is 24.3 Å². The molecule has 0 radical (unpaired) electrons. The van der Waals surface area contributed by atoms with Gasteiger partial charge in [0.1, 0.15) is 60.5 Å². The van der Waals surface area contributed by atoms with Gasteiger partial charge in [-0.1, -0.05) is 55.6 Å². The molecule has 0 bridgehead atoms. The largest absolute Gasteiger partial charge is 0.396 e. The van der Waals surface area contributed by atoms with Gasteiger partial charge < -0.3 is 55.4 Å². The number of fused-ring (bicyclic) bond motifs is 3. The predicted octanol–water partition coefficient (Wildman–Crippen LogP) is -0.739. The zero-order valence-electron chi connectivity index (χ0n) is 25.5. The van der Waals surface area contributed by atoms with Crippen LogP contribution < -0.4 is 0 Å². The molecule has 2 fully saturated rings. The zero-order chi connectivity index (χ0) is 33.2. The first-order chi connectivity index (χ1) is 22.0. The highest BCUT2D eigenvalue weighted by Crippen LogP contribution is 2.50. The van der Waals surface area contributed by atoms with Gasteiger partial charge >= 0.3 is 0 Å².